The first-order valence-electron chi connectivity index (χ1n) is 12.0. The minimum Gasteiger partial charge on any atom is -0.289 e. The van der Waals surface area contributed by atoms with E-state index >= 15 is 0 Å². The van der Waals surface area contributed by atoms with Gasteiger partial charge in [0.05, 0.1) is 0 Å². The molecule has 0 aliphatic carbocycles. The highest BCUT2D eigenvalue weighted by atomic mass is 16.1. The van der Waals surface area contributed by atoms with Gasteiger partial charge in [0.15, 0.2) is 5.78 Å². The molecule has 0 radical (unpaired) electrons. The molecule has 0 fully saturated rings. The summed E-state index contributed by atoms with van der Waals surface area (Å²) in [5.74, 6) is 0.189. The lowest BCUT2D eigenvalue weighted by molar-refractivity contribution is 0.103. The molecule has 0 saturated heterocycles. The Bertz CT molecular complexity index is 729. The SMILES string of the molecule is CCCCCc1ccc(C(=O)c2ccccc2)c(CCCCC)c1CCCCC. The average Bonchev–Trinajstić information content (AvgIpc) is 2.75. The van der Waals surface area contributed by atoms with Crippen LogP contribution in [0.4, 0.5) is 0 Å². The Kier molecular flexibility index (Phi) is 10.8. The molecule has 29 heavy (non-hydrogen) atoms. The van der Waals surface area contributed by atoms with E-state index < -0.39 is 0 Å². The summed E-state index contributed by atoms with van der Waals surface area (Å²) in [6.07, 6.45) is 14.4. The second-order valence-corrected chi connectivity index (χ2v) is 8.30. The Morgan fingerprint density at radius 1 is 0.621 bits per heavy atom. The maximum Gasteiger partial charge on any atom is 0.193 e. The summed E-state index contributed by atoms with van der Waals surface area (Å²) in [7, 11) is 0. The monoisotopic (exact) mass is 392 g/mol. The quantitative estimate of drug-likeness (QED) is 0.234. The normalized spacial score (nSPS) is 11.0. The molecule has 0 bridgehead atoms. The van der Waals surface area contributed by atoms with Gasteiger partial charge in [0.25, 0.3) is 0 Å². The van der Waals surface area contributed by atoms with Crippen LogP contribution in [0.15, 0.2) is 42.5 Å². The number of rotatable bonds is 14. The summed E-state index contributed by atoms with van der Waals surface area (Å²) in [6, 6.07) is 14.2. The molecule has 158 valence electrons. The molecule has 0 heterocycles. The number of ketones is 1. The summed E-state index contributed by atoms with van der Waals surface area (Å²) in [5.41, 5.74) is 6.08. The smallest absolute Gasteiger partial charge is 0.193 e. The van der Waals surface area contributed by atoms with Crippen LogP contribution in [-0.2, 0) is 19.3 Å². The molecule has 0 saturated carbocycles. The van der Waals surface area contributed by atoms with Crippen LogP contribution in [0.2, 0.25) is 0 Å². The minimum atomic E-state index is 0.189. The molecule has 0 atom stereocenters. The van der Waals surface area contributed by atoms with Crippen LogP contribution in [0.1, 0.15) is 111 Å². The summed E-state index contributed by atoms with van der Waals surface area (Å²) in [5, 5.41) is 0. The molecule has 2 aromatic rings. The zero-order chi connectivity index (χ0) is 20.9. The van der Waals surface area contributed by atoms with Crippen LogP contribution in [-0.4, -0.2) is 5.78 Å². The van der Waals surface area contributed by atoms with Crippen molar-refractivity contribution in [3.05, 3.63) is 70.3 Å². The van der Waals surface area contributed by atoms with Crippen LogP contribution in [0.3, 0.4) is 0 Å². The summed E-state index contributed by atoms with van der Waals surface area (Å²) >= 11 is 0. The number of benzene rings is 2. The molecule has 2 aromatic carbocycles. The van der Waals surface area contributed by atoms with E-state index in [9.17, 15) is 4.79 Å². The molecule has 0 amide bonds. The van der Waals surface area contributed by atoms with Gasteiger partial charge in [0, 0.05) is 11.1 Å². The number of hydrogen-bond donors (Lipinski definition) is 0. The van der Waals surface area contributed by atoms with Crippen LogP contribution >= 0.6 is 0 Å². The van der Waals surface area contributed by atoms with Gasteiger partial charge in [-0.25, -0.2) is 0 Å². The first kappa shape index (κ1) is 23.4. The predicted molar refractivity (Wildman–Crippen MR) is 126 cm³/mol. The topological polar surface area (TPSA) is 17.1 Å². The second-order valence-electron chi connectivity index (χ2n) is 8.30. The third kappa shape index (κ3) is 7.14. The molecule has 0 aliphatic rings. The first-order valence-corrected chi connectivity index (χ1v) is 12.0. The van der Waals surface area contributed by atoms with Gasteiger partial charge >= 0.3 is 0 Å². The van der Waals surface area contributed by atoms with Crippen LogP contribution in [0, 0.1) is 0 Å². The largest absolute Gasteiger partial charge is 0.289 e. The highest BCUT2D eigenvalue weighted by molar-refractivity contribution is 6.10. The Balaban J connectivity index is 2.44. The lowest BCUT2D eigenvalue weighted by atomic mass is 9.85. The lowest BCUT2D eigenvalue weighted by Crippen LogP contribution is -2.11. The fourth-order valence-electron chi connectivity index (χ4n) is 4.20. The summed E-state index contributed by atoms with van der Waals surface area (Å²) < 4.78 is 0. The highest BCUT2D eigenvalue weighted by Gasteiger charge is 2.19. The van der Waals surface area contributed by atoms with Gasteiger partial charge in [-0.15, -0.1) is 0 Å². The molecule has 0 N–H and O–H groups in total. The highest BCUT2D eigenvalue weighted by Crippen LogP contribution is 2.27. The molecule has 0 aliphatic heterocycles. The third-order valence-electron chi connectivity index (χ3n) is 5.92. The van der Waals surface area contributed by atoms with E-state index in [0.717, 1.165) is 30.4 Å². The van der Waals surface area contributed by atoms with Crippen molar-refractivity contribution in [1.82, 2.24) is 0 Å². The molecular weight excluding hydrogens is 352 g/mol. The Morgan fingerprint density at radius 3 is 1.76 bits per heavy atom. The van der Waals surface area contributed by atoms with Gasteiger partial charge in [-0.2, -0.15) is 0 Å². The predicted octanol–water partition coefficient (Wildman–Crippen LogP) is 8.12. The van der Waals surface area contributed by atoms with Gasteiger partial charge in [0.1, 0.15) is 0 Å². The Morgan fingerprint density at radius 2 is 1.17 bits per heavy atom. The first-order chi connectivity index (χ1) is 14.2. The molecular formula is C28H40O. The van der Waals surface area contributed by atoms with Crippen molar-refractivity contribution in [2.24, 2.45) is 0 Å². The zero-order valence-electron chi connectivity index (χ0n) is 18.9. The van der Waals surface area contributed by atoms with Crippen molar-refractivity contribution in [2.75, 3.05) is 0 Å². The van der Waals surface area contributed by atoms with Gasteiger partial charge in [-0.1, -0.05) is 102 Å². The zero-order valence-corrected chi connectivity index (χ0v) is 18.9. The van der Waals surface area contributed by atoms with Crippen LogP contribution < -0.4 is 0 Å². The van der Waals surface area contributed by atoms with E-state index in [1.54, 1.807) is 0 Å². The molecule has 0 spiro atoms. The maximum absolute atomic E-state index is 13.4. The third-order valence-corrected chi connectivity index (χ3v) is 5.92. The van der Waals surface area contributed by atoms with Gasteiger partial charge < -0.3 is 0 Å². The van der Waals surface area contributed by atoms with Gasteiger partial charge in [0.2, 0.25) is 0 Å². The van der Waals surface area contributed by atoms with Crippen molar-refractivity contribution in [3.8, 4) is 0 Å². The van der Waals surface area contributed by atoms with E-state index in [0.29, 0.717) is 0 Å². The van der Waals surface area contributed by atoms with Crippen LogP contribution in [0.25, 0.3) is 0 Å². The fourth-order valence-corrected chi connectivity index (χ4v) is 4.20. The van der Waals surface area contributed by atoms with E-state index in [2.05, 4.69) is 32.9 Å². The van der Waals surface area contributed by atoms with Crippen molar-refractivity contribution < 1.29 is 4.79 Å². The number of unbranched alkanes of at least 4 members (excludes halogenated alkanes) is 6. The Labute approximate surface area is 178 Å². The molecule has 2 rings (SSSR count). The fraction of sp³-hybridized carbons (Fsp3) is 0.536. The van der Waals surface area contributed by atoms with Crippen molar-refractivity contribution in [2.45, 2.75) is 97.8 Å². The number of carbonyl (C=O) groups excluding carboxylic acids is 1. The van der Waals surface area contributed by atoms with E-state index in [1.165, 1.54) is 74.5 Å². The van der Waals surface area contributed by atoms with Crippen LogP contribution in [0.5, 0.6) is 0 Å². The molecule has 0 unspecified atom stereocenters. The minimum absolute atomic E-state index is 0.189. The average molecular weight is 393 g/mol. The van der Waals surface area contributed by atoms with E-state index in [1.807, 2.05) is 30.3 Å². The van der Waals surface area contributed by atoms with Crippen molar-refractivity contribution in [1.29, 1.82) is 0 Å². The van der Waals surface area contributed by atoms with Gasteiger partial charge in [-0.3, -0.25) is 4.79 Å². The van der Waals surface area contributed by atoms with E-state index in [4.69, 9.17) is 0 Å². The van der Waals surface area contributed by atoms with E-state index in [-0.39, 0.29) is 5.78 Å². The number of hydrogen-bond acceptors (Lipinski definition) is 1. The Hall–Kier alpha value is -1.89. The summed E-state index contributed by atoms with van der Waals surface area (Å²) in [4.78, 5) is 13.4. The lowest BCUT2D eigenvalue weighted by Gasteiger charge is -2.19. The standard InChI is InChI=1S/C28H40O/c1-4-7-11-16-23-21-22-27(28(29)24-17-14-10-15-18-24)26(20-13-9-6-3)25(23)19-12-8-5-2/h10,14-15,17-18,21-22H,4-9,11-13,16,19-20H2,1-3H3. The summed E-state index contributed by atoms with van der Waals surface area (Å²) in [6.45, 7) is 6.78. The van der Waals surface area contributed by atoms with Gasteiger partial charge in [-0.05, 0) is 55.2 Å². The van der Waals surface area contributed by atoms with Crippen molar-refractivity contribution in [3.63, 3.8) is 0 Å². The number of aryl methyl sites for hydroxylation is 1. The maximum atomic E-state index is 13.4. The number of carbonyl (C=O) groups is 1. The molecule has 0 aromatic heterocycles. The van der Waals surface area contributed by atoms with Crippen molar-refractivity contribution >= 4 is 5.78 Å². The molecule has 1 nitrogen and oxygen atoms in total. The second kappa shape index (κ2) is 13.4. The molecule has 1 heteroatoms.